The van der Waals surface area contributed by atoms with Crippen molar-refractivity contribution in [3.63, 3.8) is 0 Å². The number of ether oxygens (including phenoxy) is 1. The molecule has 0 atom stereocenters. The summed E-state index contributed by atoms with van der Waals surface area (Å²) in [5, 5.41) is 1.45. The van der Waals surface area contributed by atoms with Crippen LogP contribution in [-0.2, 0) is 16.0 Å². The number of nitrogens with zero attached hydrogens (tertiary/aromatic N) is 3. The second kappa shape index (κ2) is 10.3. The van der Waals surface area contributed by atoms with Crippen LogP contribution in [0, 0.1) is 20.8 Å². The van der Waals surface area contributed by atoms with Crippen LogP contribution in [0.15, 0.2) is 30.3 Å². The third kappa shape index (κ3) is 5.49. The molecule has 1 amide bonds. The predicted octanol–water partition coefficient (Wildman–Crippen LogP) is 5.17. The molecule has 1 fully saturated rings. The van der Waals surface area contributed by atoms with Gasteiger partial charge in [0.15, 0.2) is 5.13 Å². The number of benzene rings is 2. The molecular formula is C25H30ClN3O2S. The molecule has 0 N–H and O–H groups in total. The number of aryl methyl sites for hydroxylation is 3. The van der Waals surface area contributed by atoms with Crippen molar-refractivity contribution in [2.75, 3.05) is 44.3 Å². The number of carbonyl (C=O) groups is 1. The Morgan fingerprint density at radius 2 is 1.94 bits per heavy atom. The summed E-state index contributed by atoms with van der Waals surface area (Å²) in [5.74, 6) is 0.0849. The van der Waals surface area contributed by atoms with E-state index in [2.05, 4.69) is 36.9 Å². The summed E-state index contributed by atoms with van der Waals surface area (Å²) in [4.78, 5) is 22.6. The lowest BCUT2D eigenvalue weighted by atomic mass is 10.0. The van der Waals surface area contributed by atoms with E-state index < -0.39 is 0 Å². The van der Waals surface area contributed by atoms with Crippen LogP contribution in [0.4, 0.5) is 5.13 Å². The van der Waals surface area contributed by atoms with E-state index in [9.17, 15) is 4.79 Å². The zero-order valence-corrected chi connectivity index (χ0v) is 20.6. The van der Waals surface area contributed by atoms with Crippen LogP contribution in [0.2, 0.25) is 5.02 Å². The smallest absolute Gasteiger partial charge is 0.233 e. The molecular weight excluding hydrogens is 442 g/mol. The molecule has 0 saturated carbocycles. The number of halogens is 1. The maximum absolute atomic E-state index is 13.5. The van der Waals surface area contributed by atoms with Crippen molar-refractivity contribution < 1.29 is 9.53 Å². The summed E-state index contributed by atoms with van der Waals surface area (Å²) in [7, 11) is 0. The highest BCUT2D eigenvalue weighted by Crippen LogP contribution is 2.33. The number of hydrogen-bond acceptors (Lipinski definition) is 5. The Hall–Kier alpha value is -1.99. The topological polar surface area (TPSA) is 45.7 Å². The highest BCUT2D eigenvalue weighted by atomic mass is 35.5. The average molecular weight is 472 g/mol. The molecule has 1 aliphatic rings. The minimum Gasteiger partial charge on any atom is -0.379 e. The zero-order chi connectivity index (χ0) is 22.7. The third-order valence-electron chi connectivity index (χ3n) is 5.97. The fourth-order valence-electron chi connectivity index (χ4n) is 4.16. The maximum atomic E-state index is 13.5. The number of fused-ring (bicyclic) bond motifs is 1. The highest BCUT2D eigenvalue weighted by molar-refractivity contribution is 7.22. The van der Waals surface area contributed by atoms with Gasteiger partial charge in [0.2, 0.25) is 5.91 Å². The summed E-state index contributed by atoms with van der Waals surface area (Å²) in [5.41, 5.74) is 5.38. The zero-order valence-electron chi connectivity index (χ0n) is 19.0. The van der Waals surface area contributed by atoms with Gasteiger partial charge in [-0.3, -0.25) is 14.6 Å². The van der Waals surface area contributed by atoms with Crippen molar-refractivity contribution in [2.45, 2.75) is 33.6 Å². The van der Waals surface area contributed by atoms with Crippen LogP contribution in [0.25, 0.3) is 10.2 Å². The molecule has 7 heteroatoms. The minimum atomic E-state index is 0.0849. The summed E-state index contributed by atoms with van der Waals surface area (Å²) in [6, 6.07) is 10.1. The number of morpholine rings is 1. The Kier molecular flexibility index (Phi) is 7.46. The van der Waals surface area contributed by atoms with Gasteiger partial charge in [0, 0.05) is 31.2 Å². The fourth-order valence-corrected chi connectivity index (χ4v) is 5.63. The normalized spacial score (nSPS) is 14.8. The second-order valence-electron chi connectivity index (χ2n) is 8.53. The molecule has 5 nitrogen and oxygen atoms in total. The number of amides is 1. The summed E-state index contributed by atoms with van der Waals surface area (Å²) >= 11 is 7.81. The lowest BCUT2D eigenvalue weighted by Gasteiger charge is -2.27. The van der Waals surface area contributed by atoms with Gasteiger partial charge in [-0.1, -0.05) is 46.7 Å². The quantitative estimate of drug-likeness (QED) is 0.476. The van der Waals surface area contributed by atoms with Crippen molar-refractivity contribution in [1.82, 2.24) is 9.88 Å². The van der Waals surface area contributed by atoms with Crippen LogP contribution < -0.4 is 4.90 Å². The maximum Gasteiger partial charge on any atom is 0.233 e. The van der Waals surface area contributed by atoms with Gasteiger partial charge in [0.1, 0.15) is 0 Å². The first kappa shape index (κ1) is 23.2. The van der Waals surface area contributed by atoms with E-state index in [0.29, 0.717) is 18.0 Å². The van der Waals surface area contributed by atoms with Crippen molar-refractivity contribution >= 4 is 44.2 Å². The monoisotopic (exact) mass is 471 g/mol. The van der Waals surface area contributed by atoms with Gasteiger partial charge in [0.25, 0.3) is 0 Å². The van der Waals surface area contributed by atoms with Gasteiger partial charge >= 0.3 is 0 Å². The van der Waals surface area contributed by atoms with E-state index in [4.69, 9.17) is 21.3 Å². The molecule has 0 aliphatic carbocycles. The Balaban J connectivity index is 1.56. The summed E-state index contributed by atoms with van der Waals surface area (Å²) in [6.07, 6.45) is 1.27. The molecule has 0 unspecified atom stereocenters. The first-order valence-corrected chi connectivity index (χ1v) is 12.3. The summed E-state index contributed by atoms with van der Waals surface area (Å²) in [6.45, 7) is 11.2. The molecule has 1 aromatic heterocycles. The Labute approximate surface area is 199 Å². The van der Waals surface area contributed by atoms with Gasteiger partial charge in [-0.05, 0) is 56.0 Å². The first-order valence-electron chi connectivity index (χ1n) is 11.1. The number of aromatic nitrogens is 1. The molecule has 2 heterocycles. The van der Waals surface area contributed by atoms with E-state index in [1.54, 1.807) is 11.3 Å². The third-order valence-corrected chi connectivity index (χ3v) is 7.21. The molecule has 0 spiro atoms. The number of rotatable bonds is 7. The van der Waals surface area contributed by atoms with Crippen molar-refractivity contribution in [2.24, 2.45) is 0 Å². The second-order valence-corrected chi connectivity index (χ2v) is 9.97. The molecule has 170 valence electrons. The van der Waals surface area contributed by atoms with Gasteiger partial charge in [-0.2, -0.15) is 0 Å². The lowest BCUT2D eigenvalue weighted by molar-refractivity contribution is -0.118. The highest BCUT2D eigenvalue weighted by Gasteiger charge is 2.22. The standard InChI is InChI=1S/C25H30ClN3O2S/c1-17-5-6-20(18(2)13-17)15-23(30)29(8-4-7-28-9-11-31-12-10-28)25-27-24-19(3)14-21(26)16-22(24)32-25/h5-6,13-14,16H,4,7-12,15H2,1-3H3. The molecule has 32 heavy (non-hydrogen) atoms. The first-order chi connectivity index (χ1) is 15.4. The van der Waals surface area contributed by atoms with E-state index >= 15 is 0 Å². The average Bonchev–Trinajstić information content (AvgIpc) is 3.18. The Morgan fingerprint density at radius 1 is 1.16 bits per heavy atom. The van der Waals surface area contributed by atoms with Crippen molar-refractivity contribution in [3.05, 3.63) is 57.6 Å². The van der Waals surface area contributed by atoms with Crippen LogP contribution >= 0.6 is 22.9 Å². The number of thiazole rings is 1. The summed E-state index contributed by atoms with van der Waals surface area (Å²) < 4.78 is 6.47. The molecule has 1 aliphatic heterocycles. The number of hydrogen-bond donors (Lipinski definition) is 0. The Bertz CT molecular complexity index is 1110. The molecule has 4 rings (SSSR count). The van der Waals surface area contributed by atoms with Crippen molar-refractivity contribution in [3.8, 4) is 0 Å². The van der Waals surface area contributed by atoms with E-state index in [1.165, 1.54) is 5.56 Å². The SMILES string of the molecule is Cc1ccc(CC(=O)N(CCCN2CCOCC2)c2nc3c(C)cc(Cl)cc3s2)c(C)c1. The van der Waals surface area contributed by atoms with Gasteiger partial charge in [-0.25, -0.2) is 4.98 Å². The van der Waals surface area contributed by atoms with Gasteiger partial charge in [0.05, 0.1) is 29.9 Å². The van der Waals surface area contributed by atoms with Crippen LogP contribution in [-0.4, -0.2) is 55.2 Å². The van der Waals surface area contributed by atoms with E-state index in [0.717, 1.165) is 71.3 Å². The molecule has 1 saturated heterocycles. The number of carbonyl (C=O) groups excluding carboxylic acids is 1. The minimum absolute atomic E-state index is 0.0849. The number of anilines is 1. The molecule has 0 radical (unpaired) electrons. The largest absolute Gasteiger partial charge is 0.379 e. The predicted molar refractivity (Wildman–Crippen MR) is 133 cm³/mol. The van der Waals surface area contributed by atoms with Crippen LogP contribution in [0.1, 0.15) is 28.7 Å². The molecule has 2 aromatic carbocycles. The lowest BCUT2D eigenvalue weighted by Crippen LogP contribution is -2.39. The van der Waals surface area contributed by atoms with E-state index in [-0.39, 0.29) is 5.91 Å². The van der Waals surface area contributed by atoms with E-state index in [1.807, 2.05) is 24.0 Å². The van der Waals surface area contributed by atoms with Crippen LogP contribution in [0.5, 0.6) is 0 Å². The van der Waals surface area contributed by atoms with Gasteiger partial charge < -0.3 is 4.74 Å². The van der Waals surface area contributed by atoms with Gasteiger partial charge in [-0.15, -0.1) is 0 Å². The van der Waals surface area contributed by atoms with Crippen LogP contribution in [0.3, 0.4) is 0 Å². The fraction of sp³-hybridized carbons (Fsp3) is 0.440. The Morgan fingerprint density at radius 3 is 2.69 bits per heavy atom. The van der Waals surface area contributed by atoms with Crippen molar-refractivity contribution in [1.29, 1.82) is 0 Å². The molecule has 0 bridgehead atoms. The molecule has 3 aromatic rings.